The number of rotatable bonds is 4. The van der Waals surface area contributed by atoms with E-state index in [9.17, 15) is 9.90 Å². The van der Waals surface area contributed by atoms with Crippen molar-refractivity contribution in [3.05, 3.63) is 35.0 Å². The van der Waals surface area contributed by atoms with E-state index >= 15 is 0 Å². The van der Waals surface area contributed by atoms with Crippen molar-refractivity contribution in [2.45, 2.75) is 32.7 Å². The van der Waals surface area contributed by atoms with Crippen molar-refractivity contribution in [1.82, 2.24) is 4.98 Å². The summed E-state index contributed by atoms with van der Waals surface area (Å²) in [5.41, 5.74) is 9.01. The van der Waals surface area contributed by atoms with E-state index in [1.54, 1.807) is 0 Å². The van der Waals surface area contributed by atoms with Gasteiger partial charge in [0.25, 0.3) is 0 Å². The molecule has 0 saturated heterocycles. The van der Waals surface area contributed by atoms with Crippen LogP contribution >= 0.6 is 0 Å². The maximum Gasteiger partial charge on any atom is 0.352 e. The highest BCUT2D eigenvalue weighted by atomic mass is 16.4. The van der Waals surface area contributed by atoms with Crippen molar-refractivity contribution in [2.24, 2.45) is 5.73 Å². The zero-order valence-corrected chi connectivity index (χ0v) is 10.7. The molecule has 1 unspecified atom stereocenters. The molecular formula is C14H18N2O2. The molecule has 0 bridgehead atoms. The number of aromatic carboxylic acids is 1. The maximum absolute atomic E-state index is 11.3. The average molecular weight is 246 g/mol. The van der Waals surface area contributed by atoms with Crippen molar-refractivity contribution < 1.29 is 9.90 Å². The molecule has 0 aliphatic rings. The Bertz CT molecular complexity index is 587. The van der Waals surface area contributed by atoms with Gasteiger partial charge in [0.05, 0.1) is 0 Å². The molecule has 96 valence electrons. The second-order valence-corrected chi connectivity index (χ2v) is 4.71. The Morgan fingerprint density at radius 3 is 2.83 bits per heavy atom. The first-order chi connectivity index (χ1) is 8.52. The SMILES string of the molecule is CCC(N)Cc1c(C(=O)O)[nH]c2ccc(C)cc12. The summed E-state index contributed by atoms with van der Waals surface area (Å²) in [5.74, 6) is -0.929. The third-order valence-corrected chi connectivity index (χ3v) is 3.27. The van der Waals surface area contributed by atoms with Crippen LogP contribution in [-0.2, 0) is 6.42 Å². The monoisotopic (exact) mass is 246 g/mol. The van der Waals surface area contributed by atoms with Crippen LogP contribution in [0.15, 0.2) is 18.2 Å². The molecule has 0 amide bonds. The van der Waals surface area contributed by atoms with Crippen LogP contribution in [0, 0.1) is 6.92 Å². The summed E-state index contributed by atoms with van der Waals surface area (Å²) >= 11 is 0. The van der Waals surface area contributed by atoms with Crippen molar-refractivity contribution >= 4 is 16.9 Å². The number of aromatic amines is 1. The highest BCUT2D eigenvalue weighted by Crippen LogP contribution is 2.25. The van der Waals surface area contributed by atoms with E-state index in [1.165, 1.54) is 0 Å². The maximum atomic E-state index is 11.3. The zero-order valence-electron chi connectivity index (χ0n) is 10.7. The number of nitrogens with one attached hydrogen (secondary N) is 1. The lowest BCUT2D eigenvalue weighted by Crippen LogP contribution is -2.22. The van der Waals surface area contributed by atoms with E-state index in [2.05, 4.69) is 4.98 Å². The number of nitrogens with two attached hydrogens (primary N) is 1. The van der Waals surface area contributed by atoms with E-state index in [0.717, 1.165) is 28.5 Å². The Balaban J connectivity index is 2.60. The van der Waals surface area contributed by atoms with Gasteiger partial charge in [0.1, 0.15) is 5.69 Å². The Morgan fingerprint density at radius 2 is 2.22 bits per heavy atom. The van der Waals surface area contributed by atoms with Gasteiger partial charge in [-0.25, -0.2) is 4.79 Å². The lowest BCUT2D eigenvalue weighted by Gasteiger charge is -2.08. The van der Waals surface area contributed by atoms with E-state index in [0.29, 0.717) is 6.42 Å². The van der Waals surface area contributed by atoms with Crippen molar-refractivity contribution in [3.63, 3.8) is 0 Å². The molecule has 4 heteroatoms. The molecule has 1 aromatic heterocycles. The Labute approximate surface area is 106 Å². The van der Waals surface area contributed by atoms with Crippen LogP contribution in [0.5, 0.6) is 0 Å². The molecule has 4 nitrogen and oxygen atoms in total. The minimum absolute atomic E-state index is 0.0115. The molecule has 1 heterocycles. The average Bonchev–Trinajstić information content (AvgIpc) is 2.67. The van der Waals surface area contributed by atoms with Crippen LogP contribution in [-0.4, -0.2) is 22.1 Å². The van der Waals surface area contributed by atoms with E-state index < -0.39 is 5.97 Å². The standard InChI is InChI=1S/C14H18N2O2/c1-3-9(15)7-11-10-6-8(2)4-5-12(10)16-13(11)14(17)18/h4-6,9,16H,3,7,15H2,1-2H3,(H,17,18). The van der Waals surface area contributed by atoms with Crippen LogP contribution in [0.25, 0.3) is 10.9 Å². The molecule has 0 saturated carbocycles. The van der Waals surface area contributed by atoms with Gasteiger partial charge in [0.2, 0.25) is 0 Å². The number of fused-ring (bicyclic) bond motifs is 1. The number of benzene rings is 1. The number of H-pyrrole nitrogens is 1. The first-order valence-corrected chi connectivity index (χ1v) is 6.13. The summed E-state index contributed by atoms with van der Waals surface area (Å²) in [7, 11) is 0. The molecule has 0 radical (unpaired) electrons. The summed E-state index contributed by atoms with van der Waals surface area (Å²) in [6.07, 6.45) is 1.42. The molecular weight excluding hydrogens is 228 g/mol. The first kappa shape index (κ1) is 12.6. The van der Waals surface area contributed by atoms with Gasteiger partial charge in [0.15, 0.2) is 0 Å². The predicted molar refractivity (Wildman–Crippen MR) is 72.0 cm³/mol. The van der Waals surface area contributed by atoms with Crippen LogP contribution in [0.1, 0.15) is 35.0 Å². The summed E-state index contributed by atoms with van der Waals surface area (Å²) in [6.45, 7) is 4.00. The van der Waals surface area contributed by atoms with Gasteiger partial charge in [0, 0.05) is 16.9 Å². The quantitative estimate of drug-likeness (QED) is 0.775. The molecule has 2 rings (SSSR count). The number of hydrogen-bond donors (Lipinski definition) is 3. The third kappa shape index (κ3) is 2.24. The summed E-state index contributed by atoms with van der Waals surface area (Å²) < 4.78 is 0. The smallest absolute Gasteiger partial charge is 0.352 e. The van der Waals surface area contributed by atoms with Crippen LogP contribution < -0.4 is 5.73 Å². The fraction of sp³-hybridized carbons (Fsp3) is 0.357. The lowest BCUT2D eigenvalue weighted by atomic mass is 10.0. The molecule has 4 N–H and O–H groups in total. The first-order valence-electron chi connectivity index (χ1n) is 6.13. The topological polar surface area (TPSA) is 79.1 Å². The molecule has 0 spiro atoms. The minimum Gasteiger partial charge on any atom is -0.477 e. The summed E-state index contributed by atoms with van der Waals surface area (Å²) in [6, 6.07) is 5.88. The van der Waals surface area contributed by atoms with E-state index in [1.807, 2.05) is 32.0 Å². The summed E-state index contributed by atoms with van der Waals surface area (Å²) in [4.78, 5) is 14.2. The molecule has 1 aromatic carbocycles. The third-order valence-electron chi connectivity index (χ3n) is 3.27. The van der Waals surface area contributed by atoms with E-state index in [-0.39, 0.29) is 11.7 Å². The van der Waals surface area contributed by atoms with Gasteiger partial charge in [-0.2, -0.15) is 0 Å². The van der Waals surface area contributed by atoms with Crippen LogP contribution in [0.3, 0.4) is 0 Å². The number of carboxylic acid groups (broad SMARTS) is 1. The van der Waals surface area contributed by atoms with Crippen LogP contribution in [0.2, 0.25) is 0 Å². The number of aryl methyl sites for hydroxylation is 1. The number of aromatic nitrogens is 1. The number of carboxylic acids is 1. The van der Waals surface area contributed by atoms with Crippen molar-refractivity contribution in [1.29, 1.82) is 0 Å². The number of hydrogen-bond acceptors (Lipinski definition) is 2. The predicted octanol–water partition coefficient (Wildman–Crippen LogP) is 2.45. The fourth-order valence-corrected chi connectivity index (χ4v) is 2.16. The molecule has 1 atom stereocenters. The molecule has 0 fully saturated rings. The van der Waals surface area contributed by atoms with Crippen LogP contribution in [0.4, 0.5) is 0 Å². The highest BCUT2D eigenvalue weighted by Gasteiger charge is 2.18. The van der Waals surface area contributed by atoms with Gasteiger partial charge in [-0.3, -0.25) is 0 Å². The van der Waals surface area contributed by atoms with Gasteiger partial charge >= 0.3 is 5.97 Å². The van der Waals surface area contributed by atoms with Gasteiger partial charge < -0.3 is 15.8 Å². The van der Waals surface area contributed by atoms with E-state index in [4.69, 9.17) is 5.73 Å². The Kier molecular flexibility index (Phi) is 3.39. The summed E-state index contributed by atoms with van der Waals surface area (Å²) in [5, 5.41) is 10.2. The zero-order chi connectivity index (χ0) is 13.3. The second-order valence-electron chi connectivity index (χ2n) is 4.71. The van der Waals surface area contributed by atoms with Crippen molar-refractivity contribution in [2.75, 3.05) is 0 Å². The van der Waals surface area contributed by atoms with Gasteiger partial charge in [-0.1, -0.05) is 18.6 Å². The highest BCUT2D eigenvalue weighted by molar-refractivity contribution is 5.97. The normalized spacial score (nSPS) is 12.8. The largest absolute Gasteiger partial charge is 0.477 e. The molecule has 0 aliphatic heterocycles. The Hall–Kier alpha value is -1.81. The molecule has 2 aromatic rings. The minimum atomic E-state index is -0.929. The molecule has 0 aliphatic carbocycles. The lowest BCUT2D eigenvalue weighted by molar-refractivity contribution is 0.0690. The fourth-order valence-electron chi connectivity index (χ4n) is 2.16. The Morgan fingerprint density at radius 1 is 1.50 bits per heavy atom. The second kappa shape index (κ2) is 4.82. The van der Waals surface area contributed by atoms with Gasteiger partial charge in [-0.15, -0.1) is 0 Å². The van der Waals surface area contributed by atoms with Gasteiger partial charge in [-0.05, 0) is 37.5 Å². The van der Waals surface area contributed by atoms with Crippen molar-refractivity contribution in [3.8, 4) is 0 Å². The number of carbonyl (C=O) groups is 1. The molecule has 18 heavy (non-hydrogen) atoms.